The Kier molecular flexibility index (Phi) is 3.40. The van der Waals surface area contributed by atoms with Crippen molar-refractivity contribution in [2.24, 2.45) is 5.73 Å². The Morgan fingerprint density at radius 3 is 3.00 bits per heavy atom. The maximum absolute atomic E-state index is 6.14. The number of nitrogens with zero attached hydrogens (tertiary/aromatic N) is 2. The van der Waals surface area contributed by atoms with Gasteiger partial charge in [-0.25, -0.2) is 0 Å². The van der Waals surface area contributed by atoms with E-state index in [-0.39, 0.29) is 6.04 Å². The first-order chi connectivity index (χ1) is 9.22. The molecule has 98 valence electrons. The van der Waals surface area contributed by atoms with Crippen LogP contribution >= 0.6 is 11.6 Å². The van der Waals surface area contributed by atoms with Crippen molar-refractivity contribution in [2.75, 3.05) is 11.4 Å². The smallest absolute Gasteiger partial charge is 0.0611 e. The van der Waals surface area contributed by atoms with Crippen molar-refractivity contribution in [3.63, 3.8) is 0 Å². The van der Waals surface area contributed by atoms with Crippen molar-refractivity contribution >= 4 is 17.3 Å². The molecule has 1 aliphatic heterocycles. The first-order valence-electron chi connectivity index (χ1n) is 6.41. The number of anilines is 1. The number of pyridine rings is 1. The second-order valence-electron chi connectivity index (χ2n) is 4.94. The molecule has 1 atom stereocenters. The number of nitrogens with two attached hydrogens (primary N) is 1. The van der Waals surface area contributed by atoms with Crippen LogP contribution in [0.3, 0.4) is 0 Å². The van der Waals surface area contributed by atoms with E-state index in [0.717, 1.165) is 30.2 Å². The maximum atomic E-state index is 6.14. The molecule has 3 nitrogen and oxygen atoms in total. The van der Waals surface area contributed by atoms with E-state index in [1.165, 1.54) is 11.3 Å². The molecule has 0 fully saturated rings. The lowest BCUT2D eigenvalue weighted by Gasteiger charge is -2.34. The molecule has 0 amide bonds. The van der Waals surface area contributed by atoms with E-state index in [1.54, 1.807) is 12.3 Å². The zero-order valence-electron chi connectivity index (χ0n) is 10.6. The van der Waals surface area contributed by atoms with Crippen LogP contribution in [-0.4, -0.2) is 17.6 Å². The first kappa shape index (κ1) is 12.5. The Labute approximate surface area is 118 Å². The van der Waals surface area contributed by atoms with Crippen LogP contribution in [0.25, 0.3) is 0 Å². The van der Waals surface area contributed by atoms with Gasteiger partial charge in [-0.1, -0.05) is 29.8 Å². The Morgan fingerprint density at radius 2 is 2.16 bits per heavy atom. The number of benzene rings is 1. The minimum atomic E-state index is 0.175. The van der Waals surface area contributed by atoms with Crippen LogP contribution in [0.2, 0.25) is 5.02 Å². The van der Waals surface area contributed by atoms with Gasteiger partial charge in [-0.05, 0) is 30.2 Å². The molecule has 0 spiro atoms. The van der Waals surface area contributed by atoms with Crippen molar-refractivity contribution in [1.82, 2.24) is 4.98 Å². The lowest BCUT2D eigenvalue weighted by Crippen LogP contribution is -2.43. The highest BCUT2D eigenvalue weighted by Crippen LogP contribution is 2.27. The average Bonchev–Trinajstić information content (AvgIpc) is 2.38. The molecule has 0 bridgehead atoms. The van der Waals surface area contributed by atoms with Crippen LogP contribution in [0.5, 0.6) is 0 Å². The highest BCUT2D eigenvalue weighted by molar-refractivity contribution is 6.30. The van der Waals surface area contributed by atoms with E-state index in [4.69, 9.17) is 17.3 Å². The fourth-order valence-corrected chi connectivity index (χ4v) is 2.78. The molecular weight excluding hydrogens is 258 g/mol. The van der Waals surface area contributed by atoms with Gasteiger partial charge in [-0.2, -0.15) is 0 Å². The standard InChI is InChI=1S/C15H16ClN3/c16-12-5-6-18-14(8-12)10-19-9-13(17)7-11-3-1-2-4-15(11)19/h1-6,8,13H,7,9-10,17H2. The summed E-state index contributed by atoms with van der Waals surface area (Å²) in [5.74, 6) is 0. The lowest BCUT2D eigenvalue weighted by molar-refractivity contribution is 0.595. The number of aromatic nitrogens is 1. The van der Waals surface area contributed by atoms with Gasteiger partial charge in [0, 0.05) is 29.5 Å². The lowest BCUT2D eigenvalue weighted by atomic mass is 9.98. The third kappa shape index (κ3) is 2.72. The van der Waals surface area contributed by atoms with E-state index in [0.29, 0.717) is 0 Å². The molecule has 3 rings (SSSR count). The number of halogens is 1. The van der Waals surface area contributed by atoms with Crippen molar-refractivity contribution < 1.29 is 0 Å². The molecule has 0 radical (unpaired) electrons. The highest BCUT2D eigenvalue weighted by atomic mass is 35.5. The molecule has 1 aliphatic rings. The summed E-state index contributed by atoms with van der Waals surface area (Å²) in [5, 5.41) is 0.722. The van der Waals surface area contributed by atoms with E-state index >= 15 is 0 Å². The predicted molar refractivity (Wildman–Crippen MR) is 78.4 cm³/mol. The molecule has 4 heteroatoms. The van der Waals surface area contributed by atoms with E-state index < -0.39 is 0 Å². The number of rotatable bonds is 2. The fourth-order valence-electron chi connectivity index (χ4n) is 2.60. The van der Waals surface area contributed by atoms with Gasteiger partial charge in [0.1, 0.15) is 0 Å². The highest BCUT2D eigenvalue weighted by Gasteiger charge is 2.21. The Balaban J connectivity index is 1.89. The zero-order valence-corrected chi connectivity index (χ0v) is 11.3. The minimum absolute atomic E-state index is 0.175. The zero-order chi connectivity index (χ0) is 13.2. The largest absolute Gasteiger partial charge is 0.364 e. The SMILES string of the molecule is NC1Cc2ccccc2N(Cc2cc(Cl)ccn2)C1. The molecule has 0 saturated heterocycles. The fraction of sp³-hybridized carbons (Fsp3) is 0.267. The van der Waals surface area contributed by atoms with E-state index in [2.05, 4.69) is 34.1 Å². The third-order valence-electron chi connectivity index (χ3n) is 3.40. The molecule has 2 heterocycles. The Hall–Kier alpha value is -1.58. The number of hydrogen-bond donors (Lipinski definition) is 1. The summed E-state index contributed by atoms with van der Waals surface area (Å²) in [7, 11) is 0. The van der Waals surface area contributed by atoms with Crippen LogP contribution in [-0.2, 0) is 13.0 Å². The first-order valence-corrected chi connectivity index (χ1v) is 6.79. The summed E-state index contributed by atoms with van der Waals surface area (Å²) in [6.07, 6.45) is 2.68. The monoisotopic (exact) mass is 273 g/mol. The molecular formula is C15H16ClN3. The van der Waals surface area contributed by atoms with Crippen LogP contribution in [0.4, 0.5) is 5.69 Å². The van der Waals surface area contributed by atoms with Gasteiger partial charge in [0.25, 0.3) is 0 Å². The van der Waals surface area contributed by atoms with Crippen molar-refractivity contribution in [1.29, 1.82) is 0 Å². The van der Waals surface area contributed by atoms with E-state index in [9.17, 15) is 0 Å². The van der Waals surface area contributed by atoms with E-state index in [1.807, 2.05) is 6.07 Å². The summed E-state index contributed by atoms with van der Waals surface area (Å²) < 4.78 is 0. The minimum Gasteiger partial charge on any atom is -0.364 e. The summed E-state index contributed by atoms with van der Waals surface area (Å²) in [6, 6.07) is 12.3. The number of para-hydroxylation sites is 1. The molecule has 1 aromatic carbocycles. The second kappa shape index (κ2) is 5.19. The summed E-state index contributed by atoms with van der Waals surface area (Å²) in [4.78, 5) is 6.64. The van der Waals surface area contributed by atoms with Crippen molar-refractivity contribution in [3.8, 4) is 0 Å². The quantitative estimate of drug-likeness (QED) is 0.915. The third-order valence-corrected chi connectivity index (χ3v) is 3.64. The number of hydrogen-bond acceptors (Lipinski definition) is 3. The Morgan fingerprint density at radius 1 is 1.32 bits per heavy atom. The van der Waals surface area contributed by atoms with Gasteiger partial charge in [0.15, 0.2) is 0 Å². The molecule has 0 aliphatic carbocycles. The topological polar surface area (TPSA) is 42.1 Å². The van der Waals surface area contributed by atoms with Crippen LogP contribution in [0, 0.1) is 0 Å². The van der Waals surface area contributed by atoms with Crippen molar-refractivity contribution in [2.45, 2.75) is 19.0 Å². The summed E-state index contributed by atoms with van der Waals surface area (Å²) in [6.45, 7) is 1.59. The van der Waals surface area contributed by atoms with Gasteiger partial charge >= 0.3 is 0 Å². The van der Waals surface area contributed by atoms with Crippen molar-refractivity contribution in [3.05, 3.63) is 58.9 Å². The van der Waals surface area contributed by atoms with Crippen LogP contribution in [0.1, 0.15) is 11.3 Å². The van der Waals surface area contributed by atoms with Gasteiger partial charge in [0.2, 0.25) is 0 Å². The number of fused-ring (bicyclic) bond motifs is 1. The molecule has 0 saturated carbocycles. The van der Waals surface area contributed by atoms with Gasteiger partial charge in [0.05, 0.1) is 12.2 Å². The maximum Gasteiger partial charge on any atom is 0.0611 e. The Bertz CT molecular complexity index is 585. The predicted octanol–water partition coefficient (Wildman–Crippen LogP) is 2.63. The van der Waals surface area contributed by atoms with Crippen LogP contribution in [0.15, 0.2) is 42.6 Å². The molecule has 2 aromatic rings. The summed E-state index contributed by atoms with van der Waals surface area (Å²) >= 11 is 6.01. The average molecular weight is 274 g/mol. The summed E-state index contributed by atoms with van der Waals surface area (Å²) in [5.41, 5.74) is 9.67. The molecule has 1 unspecified atom stereocenters. The normalized spacial score (nSPS) is 18.2. The van der Waals surface area contributed by atoms with Gasteiger partial charge in [-0.3, -0.25) is 4.98 Å². The molecule has 1 aromatic heterocycles. The van der Waals surface area contributed by atoms with Gasteiger partial charge in [-0.15, -0.1) is 0 Å². The van der Waals surface area contributed by atoms with Crippen LogP contribution < -0.4 is 10.6 Å². The van der Waals surface area contributed by atoms with Gasteiger partial charge < -0.3 is 10.6 Å². The second-order valence-corrected chi connectivity index (χ2v) is 5.38. The molecule has 2 N–H and O–H groups in total. The molecule has 19 heavy (non-hydrogen) atoms.